The Labute approximate surface area is 129 Å². The molecule has 6 heteroatoms. The van der Waals surface area contributed by atoms with Crippen molar-refractivity contribution in [2.75, 3.05) is 0 Å². The zero-order valence-corrected chi connectivity index (χ0v) is 12.0. The molecule has 0 fully saturated rings. The fourth-order valence-electron chi connectivity index (χ4n) is 1.93. The molecule has 0 saturated carbocycles. The summed E-state index contributed by atoms with van der Waals surface area (Å²) >= 11 is 5.60. The number of hydrogen-bond donors (Lipinski definition) is 0. The topological polar surface area (TPSA) is 17.1 Å². The van der Waals surface area contributed by atoms with Gasteiger partial charge in [-0.3, -0.25) is 4.79 Å². The number of carbonyl (C=O) groups excluding carboxylic acids is 1. The van der Waals surface area contributed by atoms with Crippen LogP contribution in [0.2, 0.25) is 5.02 Å². The molecule has 0 radical (unpaired) electrons. The first-order valence-electron chi connectivity index (χ1n) is 6.42. The molecule has 116 valence electrons. The molecule has 22 heavy (non-hydrogen) atoms. The second-order valence-electron chi connectivity index (χ2n) is 4.75. The third-order valence-electron chi connectivity index (χ3n) is 3.16. The summed E-state index contributed by atoms with van der Waals surface area (Å²) in [4.78, 5) is 11.9. The van der Waals surface area contributed by atoms with E-state index in [0.717, 1.165) is 18.2 Å². The van der Waals surface area contributed by atoms with Gasteiger partial charge in [-0.05, 0) is 42.3 Å². The van der Waals surface area contributed by atoms with Crippen molar-refractivity contribution in [3.8, 4) is 0 Å². The van der Waals surface area contributed by atoms with Gasteiger partial charge in [0.15, 0.2) is 5.78 Å². The maximum Gasteiger partial charge on any atom is 0.416 e. The number of rotatable bonds is 4. The molecule has 0 saturated heterocycles. The smallest absolute Gasteiger partial charge is 0.294 e. The number of Topliss-reactive ketones (excluding diaryl/α,β-unsaturated/α-hetero) is 1. The van der Waals surface area contributed by atoms with Crippen molar-refractivity contribution in [3.05, 3.63) is 70.0 Å². The van der Waals surface area contributed by atoms with Gasteiger partial charge in [-0.1, -0.05) is 23.7 Å². The van der Waals surface area contributed by atoms with E-state index < -0.39 is 17.6 Å². The Morgan fingerprint density at radius 3 is 2.23 bits per heavy atom. The number of halogens is 5. The van der Waals surface area contributed by atoms with Gasteiger partial charge in [0.05, 0.1) is 10.6 Å². The highest BCUT2D eigenvalue weighted by Gasteiger charge is 2.29. The van der Waals surface area contributed by atoms with Gasteiger partial charge in [0.2, 0.25) is 0 Å². The van der Waals surface area contributed by atoms with E-state index in [-0.39, 0.29) is 22.8 Å². The maximum atomic E-state index is 13.0. The molecule has 0 bridgehead atoms. The van der Waals surface area contributed by atoms with Gasteiger partial charge < -0.3 is 0 Å². The van der Waals surface area contributed by atoms with E-state index in [2.05, 4.69) is 0 Å². The van der Waals surface area contributed by atoms with E-state index in [4.69, 9.17) is 11.6 Å². The van der Waals surface area contributed by atoms with Crippen LogP contribution in [0.15, 0.2) is 42.5 Å². The number of alkyl halides is 3. The Hall–Kier alpha value is -1.88. The lowest BCUT2D eigenvalue weighted by Gasteiger charge is -2.07. The molecule has 0 atom stereocenters. The zero-order chi connectivity index (χ0) is 16.3. The summed E-state index contributed by atoms with van der Waals surface area (Å²) in [6.45, 7) is 0. The Balaban J connectivity index is 2.00. The number of benzene rings is 2. The van der Waals surface area contributed by atoms with Crippen molar-refractivity contribution < 1.29 is 22.4 Å². The van der Waals surface area contributed by atoms with Crippen molar-refractivity contribution in [1.29, 1.82) is 0 Å². The third kappa shape index (κ3) is 4.07. The van der Waals surface area contributed by atoms with Crippen molar-refractivity contribution in [3.63, 3.8) is 0 Å². The van der Waals surface area contributed by atoms with Gasteiger partial charge >= 0.3 is 6.18 Å². The minimum absolute atomic E-state index is 0.104. The molecule has 0 amide bonds. The van der Waals surface area contributed by atoms with Crippen LogP contribution in [0.25, 0.3) is 0 Å². The van der Waals surface area contributed by atoms with Crippen molar-refractivity contribution in [2.24, 2.45) is 0 Å². The fourth-order valence-corrected chi connectivity index (χ4v) is 2.11. The molecule has 0 aliphatic heterocycles. The highest BCUT2D eigenvalue weighted by molar-refractivity contribution is 6.31. The average Bonchev–Trinajstić information content (AvgIpc) is 2.47. The van der Waals surface area contributed by atoms with Gasteiger partial charge in [0.1, 0.15) is 5.82 Å². The summed E-state index contributed by atoms with van der Waals surface area (Å²) in [5, 5.41) is -0.139. The van der Waals surface area contributed by atoms with Crippen LogP contribution in [0.1, 0.15) is 27.9 Å². The second kappa shape index (κ2) is 6.48. The lowest BCUT2D eigenvalue weighted by molar-refractivity contribution is -0.137. The Kier molecular flexibility index (Phi) is 4.86. The SMILES string of the molecule is O=C(CCc1ccc(C(F)(F)F)cc1)c1ccc(F)c(Cl)c1. The molecule has 0 aromatic heterocycles. The second-order valence-corrected chi connectivity index (χ2v) is 5.15. The van der Waals surface area contributed by atoms with Gasteiger partial charge in [0, 0.05) is 12.0 Å². The molecular weight excluding hydrogens is 320 g/mol. The summed E-state index contributed by atoms with van der Waals surface area (Å²) < 4.78 is 50.3. The molecule has 2 aromatic carbocycles. The van der Waals surface area contributed by atoms with E-state index in [1.807, 2.05) is 0 Å². The molecule has 0 unspecified atom stereocenters. The van der Waals surface area contributed by atoms with Crippen molar-refractivity contribution in [1.82, 2.24) is 0 Å². The Morgan fingerprint density at radius 1 is 1.05 bits per heavy atom. The maximum absolute atomic E-state index is 13.0. The van der Waals surface area contributed by atoms with E-state index in [1.54, 1.807) is 0 Å². The largest absolute Gasteiger partial charge is 0.416 e. The first-order chi connectivity index (χ1) is 10.3. The molecule has 0 aliphatic carbocycles. The Morgan fingerprint density at radius 2 is 1.68 bits per heavy atom. The summed E-state index contributed by atoms with van der Waals surface area (Å²) in [5.74, 6) is -0.859. The van der Waals surface area contributed by atoms with Crippen LogP contribution in [-0.2, 0) is 12.6 Å². The predicted molar refractivity (Wildman–Crippen MR) is 75.5 cm³/mol. The molecule has 0 N–H and O–H groups in total. The standard InChI is InChI=1S/C16H11ClF4O/c17-13-9-11(4-7-14(13)18)15(22)8-3-10-1-5-12(6-2-10)16(19,20)21/h1-2,4-7,9H,3,8H2. The molecule has 0 aliphatic rings. The van der Waals surface area contributed by atoms with Gasteiger partial charge in [-0.2, -0.15) is 13.2 Å². The Bertz CT molecular complexity index is 678. The van der Waals surface area contributed by atoms with Crippen LogP contribution in [0, 0.1) is 5.82 Å². The predicted octanol–water partition coefficient (Wildman–Crippen LogP) is 5.31. The lowest BCUT2D eigenvalue weighted by atomic mass is 10.0. The van der Waals surface area contributed by atoms with Crippen LogP contribution >= 0.6 is 11.6 Å². The van der Waals surface area contributed by atoms with Crippen molar-refractivity contribution >= 4 is 17.4 Å². The van der Waals surface area contributed by atoms with Gasteiger partial charge in [-0.15, -0.1) is 0 Å². The first-order valence-corrected chi connectivity index (χ1v) is 6.79. The highest BCUT2D eigenvalue weighted by Crippen LogP contribution is 2.29. The monoisotopic (exact) mass is 330 g/mol. The van der Waals surface area contributed by atoms with Crippen LogP contribution in [-0.4, -0.2) is 5.78 Å². The van der Waals surface area contributed by atoms with E-state index in [9.17, 15) is 22.4 Å². The molecular formula is C16H11ClF4O. The minimum atomic E-state index is -4.38. The third-order valence-corrected chi connectivity index (χ3v) is 3.45. The number of ketones is 1. The van der Waals surface area contributed by atoms with Crippen LogP contribution in [0.3, 0.4) is 0 Å². The molecule has 0 spiro atoms. The summed E-state index contributed by atoms with van der Waals surface area (Å²) in [7, 11) is 0. The quantitative estimate of drug-likeness (QED) is 0.548. The number of carbonyl (C=O) groups is 1. The summed E-state index contributed by atoms with van der Waals surface area (Å²) in [6.07, 6.45) is -3.97. The first kappa shape index (κ1) is 16.5. The van der Waals surface area contributed by atoms with E-state index >= 15 is 0 Å². The van der Waals surface area contributed by atoms with Gasteiger partial charge in [0.25, 0.3) is 0 Å². The van der Waals surface area contributed by atoms with Crippen LogP contribution in [0.4, 0.5) is 17.6 Å². The average molecular weight is 331 g/mol. The van der Waals surface area contributed by atoms with Crippen LogP contribution in [0.5, 0.6) is 0 Å². The fraction of sp³-hybridized carbons (Fsp3) is 0.188. The number of aryl methyl sites for hydroxylation is 1. The zero-order valence-electron chi connectivity index (χ0n) is 11.3. The van der Waals surface area contributed by atoms with E-state index in [1.165, 1.54) is 24.3 Å². The molecule has 1 nitrogen and oxygen atoms in total. The minimum Gasteiger partial charge on any atom is -0.294 e. The van der Waals surface area contributed by atoms with E-state index in [0.29, 0.717) is 12.0 Å². The molecule has 2 rings (SSSR count). The van der Waals surface area contributed by atoms with Gasteiger partial charge in [-0.25, -0.2) is 4.39 Å². The molecule has 0 heterocycles. The lowest BCUT2D eigenvalue weighted by Crippen LogP contribution is -2.05. The highest BCUT2D eigenvalue weighted by atomic mass is 35.5. The number of hydrogen-bond acceptors (Lipinski definition) is 1. The van der Waals surface area contributed by atoms with Crippen molar-refractivity contribution in [2.45, 2.75) is 19.0 Å². The molecule has 2 aromatic rings. The summed E-state index contributed by atoms with van der Waals surface area (Å²) in [6, 6.07) is 8.32. The normalized spacial score (nSPS) is 11.5. The van der Waals surface area contributed by atoms with Crippen LogP contribution < -0.4 is 0 Å². The summed E-state index contributed by atoms with van der Waals surface area (Å²) in [5.41, 5.74) is 0.167.